The zero-order valence-corrected chi connectivity index (χ0v) is 19.0. The number of nitrogens with zero attached hydrogens (tertiary/aromatic N) is 1. The quantitative estimate of drug-likeness (QED) is 0.291. The molecule has 0 atom stereocenters. The lowest BCUT2D eigenvalue weighted by Gasteiger charge is -2.18. The molecule has 1 heterocycles. The highest BCUT2D eigenvalue weighted by Gasteiger charge is 2.20. The fourth-order valence-electron chi connectivity index (χ4n) is 3.01. The van der Waals surface area contributed by atoms with E-state index in [1.165, 1.54) is 0 Å². The summed E-state index contributed by atoms with van der Waals surface area (Å²) in [5, 5.41) is 3.89. The van der Waals surface area contributed by atoms with Crippen molar-refractivity contribution in [2.75, 3.05) is 19.8 Å². The zero-order chi connectivity index (χ0) is 21.9. The van der Waals surface area contributed by atoms with Crippen molar-refractivity contribution in [1.82, 2.24) is 5.16 Å². The maximum Gasteiger partial charge on any atom is 0.360 e. The SMILES string of the molecule is CCCCOc1cc(OCCCC)c(-c2cc(C(=O)OCC)no2)cc1CC(C)C. The highest BCUT2D eigenvalue weighted by atomic mass is 16.5. The van der Waals surface area contributed by atoms with Gasteiger partial charge in [0.2, 0.25) is 0 Å². The second-order valence-electron chi connectivity index (χ2n) is 7.75. The second-order valence-corrected chi connectivity index (χ2v) is 7.75. The van der Waals surface area contributed by atoms with E-state index >= 15 is 0 Å². The van der Waals surface area contributed by atoms with Gasteiger partial charge < -0.3 is 18.7 Å². The Morgan fingerprint density at radius 1 is 1.00 bits per heavy atom. The molecule has 30 heavy (non-hydrogen) atoms. The molecule has 0 saturated heterocycles. The molecule has 2 aromatic rings. The number of benzene rings is 1. The van der Waals surface area contributed by atoms with Crippen LogP contribution in [0.3, 0.4) is 0 Å². The lowest BCUT2D eigenvalue weighted by atomic mass is 9.98. The first-order chi connectivity index (χ1) is 14.5. The minimum absolute atomic E-state index is 0.153. The van der Waals surface area contributed by atoms with Crippen molar-refractivity contribution in [2.45, 2.75) is 66.7 Å². The predicted molar refractivity (Wildman–Crippen MR) is 117 cm³/mol. The molecule has 2 rings (SSSR count). The van der Waals surface area contributed by atoms with Crippen molar-refractivity contribution in [3.05, 3.63) is 29.5 Å². The first-order valence-corrected chi connectivity index (χ1v) is 11.1. The molecule has 0 saturated carbocycles. The molecular formula is C24H35NO5. The molecule has 0 N–H and O–H groups in total. The number of carbonyl (C=O) groups excluding carboxylic acids is 1. The fraction of sp³-hybridized carbons (Fsp3) is 0.583. The normalized spacial score (nSPS) is 11.0. The minimum atomic E-state index is -0.497. The summed E-state index contributed by atoms with van der Waals surface area (Å²) < 4.78 is 22.7. The third-order valence-electron chi connectivity index (χ3n) is 4.56. The van der Waals surface area contributed by atoms with Crippen LogP contribution in [0, 0.1) is 5.92 Å². The Balaban J connectivity index is 2.45. The molecule has 6 heteroatoms. The van der Waals surface area contributed by atoms with Gasteiger partial charge in [-0.05, 0) is 43.7 Å². The van der Waals surface area contributed by atoms with E-state index in [4.69, 9.17) is 18.7 Å². The maximum absolute atomic E-state index is 12.0. The molecular weight excluding hydrogens is 382 g/mol. The van der Waals surface area contributed by atoms with E-state index in [2.05, 4.69) is 32.9 Å². The van der Waals surface area contributed by atoms with E-state index in [1.54, 1.807) is 13.0 Å². The van der Waals surface area contributed by atoms with Gasteiger partial charge in [-0.25, -0.2) is 4.79 Å². The molecule has 0 aliphatic rings. The van der Waals surface area contributed by atoms with Crippen molar-refractivity contribution in [3.63, 3.8) is 0 Å². The average Bonchev–Trinajstić information content (AvgIpc) is 3.20. The Labute approximate surface area is 179 Å². The van der Waals surface area contributed by atoms with E-state index in [-0.39, 0.29) is 12.3 Å². The molecule has 0 unspecified atom stereocenters. The van der Waals surface area contributed by atoms with Crippen LogP contribution in [0.5, 0.6) is 11.5 Å². The lowest BCUT2D eigenvalue weighted by molar-refractivity contribution is 0.0514. The molecule has 1 aromatic carbocycles. The summed E-state index contributed by atoms with van der Waals surface area (Å²) in [5.74, 6) is 1.96. The van der Waals surface area contributed by atoms with E-state index in [1.807, 2.05) is 12.1 Å². The minimum Gasteiger partial charge on any atom is -0.493 e. The average molecular weight is 418 g/mol. The summed E-state index contributed by atoms with van der Waals surface area (Å²) in [6, 6.07) is 5.60. The van der Waals surface area contributed by atoms with Gasteiger partial charge in [0.15, 0.2) is 11.5 Å². The van der Waals surface area contributed by atoms with Crippen LogP contribution in [0.2, 0.25) is 0 Å². The van der Waals surface area contributed by atoms with Gasteiger partial charge in [0.1, 0.15) is 11.5 Å². The third kappa shape index (κ3) is 6.78. The molecule has 0 aliphatic heterocycles. The number of hydrogen-bond donors (Lipinski definition) is 0. The van der Waals surface area contributed by atoms with Gasteiger partial charge in [-0.3, -0.25) is 0 Å². The predicted octanol–water partition coefficient (Wildman–Crippen LogP) is 6.07. The molecule has 0 spiro atoms. The topological polar surface area (TPSA) is 70.8 Å². The fourth-order valence-corrected chi connectivity index (χ4v) is 3.01. The summed E-state index contributed by atoms with van der Waals surface area (Å²) in [7, 11) is 0. The largest absolute Gasteiger partial charge is 0.493 e. The van der Waals surface area contributed by atoms with Crippen LogP contribution in [0.15, 0.2) is 22.7 Å². The number of esters is 1. The number of rotatable bonds is 13. The van der Waals surface area contributed by atoms with Crippen molar-refractivity contribution in [2.24, 2.45) is 5.92 Å². The zero-order valence-electron chi connectivity index (χ0n) is 19.0. The molecule has 0 amide bonds. The Bertz CT molecular complexity index is 797. The molecule has 6 nitrogen and oxygen atoms in total. The number of unbranched alkanes of at least 4 members (excludes halogenated alkanes) is 2. The smallest absolute Gasteiger partial charge is 0.360 e. The summed E-state index contributed by atoms with van der Waals surface area (Å²) in [6.45, 7) is 11.9. The van der Waals surface area contributed by atoms with Crippen LogP contribution in [-0.4, -0.2) is 30.9 Å². The van der Waals surface area contributed by atoms with Gasteiger partial charge in [-0.2, -0.15) is 0 Å². The summed E-state index contributed by atoms with van der Waals surface area (Å²) in [6.07, 6.45) is 4.92. The van der Waals surface area contributed by atoms with Crippen molar-refractivity contribution in [1.29, 1.82) is 0 Å². The lowest BCUT2D eigenvalue weighted by Crippen LogP contribution is -2.05. The molecule has 0 radical (unpaired) electrons. The summed E-state index contributed by atoms with van der Waals surface area (Å²) in [5.41, 5.74) is 2.01. The standard InChI is InChI=1S/C24H35NO5/c1-6-9-11-28-21-16-22(29-12-10-7-2)19(14-18(21)13-17(4)5)23-15-20(25-30-23)24(26)27-8-3/h14-17H,6-13H2,1-5H3. The highest BCUT2D eigenvalue weighted by Crippen LogP contribution is 2.38. The summed E-state index contributed by atoms with van der Waals surface area (Å²) >= 11 is 0. The van der Waals surface area contributed by atoms with E-state index in [0.717, 1.165) is 49.0 Å². The van der Waals surface area contributed by atoms with Crippen LogP contribution in [0.4, 0.5) is 0 Å². The van der Waals surface area contributed by atoms with Crippen molar-refractivity contribution in [3.8, 4) is 22.8 Å². The van der Waals surface area contributed by atoms with E-state index < -0.39 is 5.97 Å². The molecule has 0 fully saturated rings. The molecule has 1 aromatic heterocycles. The third-order valence-corrected chi connectivity index (χ3v) is 4.56. The number of aromatic nitrogens is 1. The Hall–Kier alpha value is -2.50. The van der Waals surface area contributed by atoms with Crippen LogP contribution < -0.4 is 9.47 Å². The van der Waals surface area contributed by atoms with Gasteiger partial charge in [-0.15, -0.1) is 0 Å². The second kappa shape index (κ2) is 12.3. The van der Waals surface area contributed by atoms with Crippen LogP contribution in [0.25, 0.3) is 11.3 Å². The number of ether oxygens (including phenoxy) is 3. The summed E-state index contributed by atoms with van der Waals surface area (Å²) in [4.78, 5) is 12.0. The maximum atomic E-state index is 12.0. The Kier molecular flexibility index (Phi) is 9.71. The molecule has 0 bridgehead atoms. The first kappa shape index (κ1) is 23.8. The Morgan fingerprint density at radius 3 is 2.27 bits per heavy atom. The van der Waals surface area contributed by atoms with Crippen LogP contribution in [0.1, 0.15) is 76.4 Å². The van der Waals surface area contributed by atoms with Crippen LogP contribution in [-0.2, 0) is 11.2 Å². The van der Waals surface area contributed by atoms with Gasteiger partial charge in [0.25, 0.3) is 0 Å². The number of hydrogen-bond acceptors (Lipinski definition) is 6. The van der Waals surface area contributed by atoms with Gasteiger partial charge in [0.05, 0.1) is 25.4 Å². The van der Waals surface area contributed by atoms with Gasteiger partial charge in [0, 0.05) is 12.1 Å². The molecule has 0 aliphatic carbocycles. The van der Waals surface area contributed by atoms with Crippen molar-refractivity contribution >= 4 is 5.97 Å². The van der Waals surface area contributed by atoms with Crippen LogP contribution >= 0.6 is 0 Å². The number of carbonyl (C=O) groups is 1. The van der Waals surface area contributed by atoms with E-state index in [9.17, 15) is 4.79 Å². The van der Waals surface area contributed by atoms with Crippen molar-refractivity contribution < 1.29 is 23.5 Å². The Morgan fingerprint density at radius 2 is 1.67 bits per heavy atom. The van der Waals surface area contributed by atoms with Gasteiger partial charge >= 0.3 is 5.97 Å². The highest BCUT2D eigenvalue weighted by molar-refractivity contribution is 5.88. The van der Waals surface area contributed by atoms with Gasteiger partial charge in [-0.1, -0.05) is 45.7 Å². The monoisotopic (exact) mass is 417 g/mol. The first-order valence-electron chi connectivity index (χ1n) is 11.1. The van der Waals surface area contributed by atoms with E-state index in [0.29, 0.717) is 30.6 Å². The molecule has 166 valence electrons.